The second kappa shape index (κ2) is 9.74. The van der Waals surface area contributed by atoms with Crippen molar-refractivity contribution in [3.05, 3.63) is 95.6 Å². The number of nitrogens with zero attached hydrogens (tertiary/aromatic N) is 5. The van der Waals surface area contributed by atoms with E-state index in [9.17, 15) is 5.26 Å². The van der Waals surface area contributed by atoms with Crippen LogP contribution in [0.15, 0.2) is 83.9 Å². The molecule has 0 bridgehead atoms. The standard InChI is InChI=1S/C28H26N6/c29-18-25-27(31-19-21-7-3-1-4-8-21)24-17-23(11-12-26(24)32-28(25)30)34-15-13-33(14-16-34)20-22-9-5-2-6-10-22/h1-12,17,19H,13-16,20H2,(H2,30,32). The monoisotopic (exact) mass is 446 g/mol. The summed E-state index contributed by atoms with van der Waals surface area (Å²) >= 11 is 0. The molecule has 5 rings (SSSR count). The van der Waals surface area contributed by atoms with Gasteiger partial charge in [-0.25, -0.2) is 4.98 Å². The fourth-order valence-corrected chi connectivity index (χ4v) is 4.38. The molecule has 0 aliphatic carbocycles. The molecule has 1 aliphatic heterocycles. The van der Waals surface area contributed by atoms with Gasteiger partial charge in [0.2, 0.25) is 0 Å². The molecule has 3 aromatic carbocycles. The predicted molar refractivity (Wildman–Crippen MR) is 138 cm³/mol. The number of benzene rings is 3. The maximum Gasteiger partial charge on any atom is 0.144 e. The van der Waals surface area contributed by atoms with Gasteiger partial charge in [0.05, 0.1) is 11.2 Å². The van der Waals surface area contributed by atoms with Crippen molar-refractivity contribution in [3.63, 3.8) is 0 Å². The van der Waals surface area contributed by atoms with Crippen LogP contribution in [0.5, 0.6) is 0 Å². The third kappa shape index (κ3) is 4.61. The zero-order valence-corrected chi connectivity index (χ0v) is 18.9. The van der Waals surface area contributed by atoms with E-state index in [0.29, 0.717) is 11.3 Å². The topological polar surface area (TPSA) is 81.5 Å². The van der Waals surface area contributed by atoms with Gasteiger partial charge in [-0.2, -0.15) is 5.26 Å². The Hall–Kier alpha value is -4.21. The van der Waals surface area contributed by atoms with Crippen LogP contribution < -0.4 is 10.6 Å². The number of nitrogen functional groups attached to an aromatic ring is 1. The number of nitriles is 1. The summed E-state index contributed by atoms with van der Waals surface area (Å²) in [4.78, 5) is 14.0. The van der Waals surface area contributed by atoms with E-state index in [0.717, 1.165) is 54.9 Å². The van der Waals surface area contributed by atoms with Gasteiger partial charge in [-0.15, -0.1) is 0 Å². The average Bonchev–Trinajstić information content (AvgIpc) is 2.88. The van der Waals surface area contributed by atoms with Crippen LogP contribution in [0.25, 0.3) is 10.9 Å². The average molecular weight is 447 g/mol. The van der Waals surface area contributed by atoms with Crippen LogP contribution in [-0.2, 0) is 6.54 Å². The van der Waals surface area contributed by atoms with E-state index >= 15 is 0 Å². The molecule has 0 amide bonds. The first-order chi connectivity index (χ1) is 16.7. The van der Waals surface area contributed by atoms with E-state index in [1.807, 2.05) is 36.4 Å². The largest absolute Gasteiger partial charge is 0.383 e. The number of aliphatic imine (C=N–C) groups is 1. The van der Waals surface area contributed by atoms with Crippen molar-refractivity contribution in [3.8, 4) is 6.07 Å². The van der Waals surface area contributed by atoms with Gasteiger partial charge in [0.25, 0.3) is 0 Å². The van der Waals surface area contributed by atoms with E-state index in [1.165, 1.54) is 5.56 Å². The molecule has 6 nitrogen and oxygen atoms in total. The summed E-state index contributed by atoms with van der Waals surface area (Å²) in [6.45, 7) is 4.84. The number of hydrogen-bond donors (Lipinski definition) is 1. The normalized spacial score (nSPS) is 14.5. The van der Waals surface area contributed by atoms with Crippen LogP contribution in [0.1, 0.15) is 16.7 Å². The fourth-order valence-electron chi connectivity index (χ4n) is 4.38. The first-order valence-electron chi connectivity index (χ1n) is 11.4. The Bertz CT molecular complexity index is 1350. The molecule has 168 valence electrons. The Kier molecular flexibility index (Phi) is 6.19. The maximum absolute atomic E-state index is 9.76. The molecule has 1 aromatic heterocycles. The minimum Gasteiger partial charge on any atom is -0.383 e. The third-order valence-corrected chi connectivity index (χ3v) is 6.21. The number of aromatic nitrogens is 1. The number of hydrogen-bond acceptors (Lipinski definition) is 6. The molecule has 2 N–H and O–H groups in total. The smallest absolute Gasteiger partial charge is 0.144 e. The Labute approximate surface area is 199 Å². The van der Waals surface area contributed by atoms with Gasteiger partial charge in [0.1, 0.15) is 17.5 Å². The lowest BCUT2D eigenvalue weighted by Gasteiger charge is -2.36. The Balaban J connectivity index is 1.42. The van der Waals surface area contributed by atoms with E-state index in [1.54, 1.807) is 6.21 Å². The molecule has 1 fully saturated rings. The van der Waals surface area contributed by atoms with Crippen molar-refractivity contribution in [2.24, 2.45) is 4.99 Å². The highest BCUT2D eigenvalue weighted by Gasteiger charge is 2.19. The van der Waals surface area contributed by atoms with Crippen LogP contribution in [0.2, 0.25) is 0 Å². The van der Waals surface area contributed by atoms with Crippen LogP contribution >= 0.6 is 0 Å². The minimum absolute atomic E-state index is 0.206. The van der Waals surface area contributed by atoms with E-state index in [-0.39, 0.29) is 5.82 Å². The summed E-state index contributed by atoms with van der Waals surface area (Å²) in [5.41, 5.74) is 11.1. The van der Waals surface area contributed by atoms with Gasteiger partial charge >= 0.3 is 0 Å². The summed E-state index contributed by atoms with van der Waals surface area (Å²) in [6.07, 6.45) is 1.77. The van der Waals surface area contributed by atoms with Crippen LogP contribution in [-0.4, -0.2) is 42.3 Å². The number of anilines is 2. The summed E-state index contributed by atoms with van der Waals surface area (Å²) in [5.74, 6) is 0.206. The molecular weight excluding hydrogens is 420 g/mol. The van der Waals surface area contributed by atoms with Crippen molar-refractivity contribution < 1.29 is 0 Å². The molecule has 0 radical (unpaired) electrons. The molecule has 34 heavy (non-hydrogen) atoms. The maximum atomic E-state index is 9.76. The van der Waals surface area contributed by atoms with Gasteiger partial charge in [-0.05, 0) is 29.3 Å². The quantitative estimate of drug-likeness (QED) is 0.447. The number of nitrogens with two attached hydrogens (primary N) is 1. The summed E-state index contributed by atoms with van der Waals surface area (Å²) in [6, 6.07) is 28.8. The van der Waals surface area contributed by atoms with E-state index in [4.69, 9.17) is 5.73 Å². The lowest BCUT2D eigenvalue weighted by Crippen LogP contribution is -2.45. The van der Waals surface area contributed by atoms with E-state index in [2.05, 4.69) is 68.3 Å². The van der Waals surface area contributed by atoms with Crippen molar-refractivity contribution >= 4 is 34.3 Å². The molecule has 6 heteroatoms. The first kappa shape index (κ1) is 21.6. The molecule has 1 saturated heterocycles. The van der Waals surface area contributed by atoms with Gasteiger partial charge < -0.3 is 10.6 Å². The molecule has 2 heterocycles. The fraction of sp³-hybridized carbons (Fsp3) is 0.179. The lowest BCUT2D eigenvalue weighted by molar-refractivity contribution is 0.250. The molecular formula is C28H26N6. The zero-order valence-electron chi connectivity index (χ0n) is 18.9. The zero-order chi connectivity index (χ0) is 23.3. The van der Waals surface area contributed by atoms with Gasteiger partial charge in [-0.1, -0.05) is 60.7 Å². The Morgan fingerprint density at radius 1 is 0.941 bits per heavy atom. The van der Waals surface area contributed by atoms with Crippen LogP contribution in [0.4, 0.5) is 17.2 Å². The Morgan fingerprint density at radius 3 is 2.35 bits per heavy atom. The predicted octanol–water partition coefficient (Wildman–Crippen LogP) is 4.76. The second-order valence-corrected chi connectivity index (χ2v) is 8.45. The van der Waals surface area contributed by atoms with Crippen LogP contribution in [0, 0.1) is 11.3 Å². The summed E-state index contributed by atoms with van der Waals surface area (Å²) in [5, 5.41) is 10.6. The molecule has 0 saturated carbocycles. The second-order valence-electron chi connectivity index (χ2n) is 8.45. The van der Waals surface area contributed by atoms with Gasteiger partial charge in [0.15, 0.2) is 0 Å². The van der Waals surface area contributed by atoms with Gasteiger partial charge in [0, 0.05) is 50.0 Å². The molecule has 4 aromatic rings. The third-order valence-electron chi connectivity index (χ3n) is 6.21. The van der Waals surface area contributed by atoms with Crippen molar-refractivity contribution in [1.82, 2.24) is 9.88 Å². The highest BCUT2D eigenvalue weighted by Crippen LogP contribution is 2.34. The van der Waals surface area contributed by atoms with Crippen molar-refractivity contribution in [2.75, 3.05) is 36.8 Å². The molecule has 1 aliphatic rings. The highest BCUT2D eigenvalue weighted by molar-refractivity contribution is 5.99. The lowest BCUT2D eigenvalue weighted by atomic mass is 10.1. The van der Waals surface area contributed by atoms with Crippen molar-refractivity contribution in [2.45, 2.75) is 6.54 Å². The number of pyridine rings is 1. The molecule has 0 unspecified atom stereocenters. The molecule has 0 atom stereocenters. The number of fused-ring (bicyclic) bond motifs is 1. The summed E-state index contributed by atoms with van der Waals surface area (Å²) in [7, 11) is 0. The first-order valence-corrected chi connectivity index (χ1v) is 11.4. The number of rotatable bonds is 5. The minimum atomic E-state index is 0.206. The highest BCUT2D eigenvalue weighted by atomic mass is 15.3. The Morgan fingerprint density at radius 2 is 1.65 bits per heavy atom. The summed E-state index contributed by atoms with van der Waals surface area (Å²) < 4.78 is 0. The number of piperazine rings is 1. The van der Waals surface area contributed by atoms with Crippen molar-refractivity contribution in [1.29, 1.82) is 5.26 Å². The SMILES string of the molecule is N#Cc1c(N)nc2ccc(N3CCN(Cc4ccccc4)CC3)cc2c1N=Cc1ccccc1. The van der Waals surface area contributed by atoms with E-state index < -0.39 is 0 Å². The molecule has 0 spiro atoms. The van der Waals surface area contributed by atoms with Crippen LogP contribution in [0.3, 0.4) is 0 Å². The van der Waals surface area contributed by atoms with Gasteiger partial charge in [-0.3, -0.25) is 9.89 Å².